The van der Waals surface area contributed by atoms with Gasteiger partial charge in [0.25, 0.3) is 0 Å². The minimum absolute atomic E-state index is 0.182. The molecule has 0 bridgehead atoms. The highest BCUT2D eigenvalue weighted by molar-refractivity contribution is 8.01. The van der Waals surface area contributed by atoms with E-state index in [-0.39, 0.29) is 11.7 Å². The zero-order chi connectivity index (χ0) is 19.4. The van der Waals surface area contributed by atoms with Gasteiger partial charge in [-0.3, -0.25) is 9.36 Å². The number of thioether (sulfide) groups is 1. The quantitative estimate of drug-likeness (QED) is 0.616. The summed E-state index contributed by atoms with van der Waals surface area (Å²) in [6, 6.07) is 11.9. The maximum Gasteiger partial charge on any atom is 0.235 e. The lowest BCUT2D eigenvalue weighted by atomic mass is 10.2. The molecule has 0 atom stereocenters. The highest BCUT2D eigenvalue weighted by Gasteiger charge is 2.20. The molecular formula is C18H18N6OS2. The molecule has 0 radical (unpaired) electrons. The smallest absolute Gasteiger partial charge is 0.235 e. The number of carbonyl (C=O) groups is 1. The number of para-hydroxylation sites is 1. The van der Waals surface area contributed by atoms with Crippen LogP contribution in [0.4, 0.5) is 10.9 Å². The van der Waals surface area contributed by atoms with Gasteiger partial charge in [-0.15, -0.1) is 10.2 Å². The summed E-state index contributed by atoms with van der Waals surface area (Å²) < 4.78 is 2.61. The second kappa shape index (κ2) is 8.24. The fourth-order valence-corrected chi connectivity index (χ4v) is 4.13. The summed E-state index contributed by atoms with van der Waals surface area (Å²) in [6.07, 6.45) is 0. The van der Waals surface area contributed by atoms with E-state index in [1.807, 2.05) is 48.7 Å². The van der Waals surface area contributed by atoms with E-state index in [1.54, 1.807) is 7.05 Å². The fraction of sp³-hybridized carbons (Fsp3) is 0.222. The summed E-state index contributed by atoms with van der Waals surface area (Å²) in [7, 11) is 1.77. The third-order valence-corrected chi connectivity index (χ3v) is 6.12. The number of rotatable bonds is 6. The largest absolute Gasteiger partial charge is 0.363 e. The third kappa shape index (κ3) is 3.97. The maximum absolute atomic E-state index is 12.5. The Morgan fingerprint density at radius 3 is 2.67 bits per heavy atom. The van der Waals surface area contributed by atoms with Gasteiger partial charge in [-0.25, -0.2) is 0 Å². The molecule has 2 heterocycles. The minimum atomic E-state index is -0.201. The molecule has 1 amide bonds. The number of benzene rings is 1. The number of amides is 1. The maximum atomic E-state index is 12.5. The van der Waals surface area contributed by atoms with Crippen molar-refractivity contribution in [3.05, 3.63) is 47.2 Å². The van der Waals surface area contributed by atoms with E-state index < -0.39 is 0 Å². The van der Waals surface area contributed by atoms with Crippen molar-refractivity contribution < 1.29 is 4.79 Å². The average Bonchev–Trinajstić information content (AvgIpc) is 3.24. The average molecular weight is 399 g/mol. The highest BCUT2D eigenvalue weighted by atomic mass is 32.2. The zero-order valence-corrected chi connectivity index (χ0v) is 16.7. The Labute approximate surface area is 165 Å². The van der Waals surface area contributed by atoms with Crippen molar-refractivity contribution >= 4 is 40.0 Å². The number of nitrogens with one attached hydrogen (secondary N) is 2. The summed E-state index contributed by atoms with van der Waals surface area (Å²) >= 11 is 2.70. The second-order valence-electron chi connectivity index (χ2n) is 5.68. The summed E-state index contributed by atoms with van der Waals surface area (Å²) in [6.45, 7) is 3.83. The van der Waals surface area contributed by atoms with Gasteiger partial charge in [-0.2, -0.15) is 5.26 Å². The zero-order valence-electron chi connectivity index (χ0n) is 15.1. The van der Waals surface area contributed by atoms with Gasteiger partial charge in [-0.05, 0) is 31.5 Å². The van der Waals surface area contributed by atoms with Gasteiger partial charge in [0, 0.05) is 18.4 Å². The predicted octanol–water partition coefficient (Wildman–Crippen LogP) is 3.59. The van der Waals surface area contributed by atoms with Crippen LogP contribution in [0.25, 0.3) is 5.69 Å². The molecule has 0 aliphatic rings. The SMILES string of the molecule is CNc1nnc(SCC(=O)Nc2c(C#N)c(C)c(C)n2-c2ccccc2)s1. The first-order valence-corrected chi connectivity index (χ1v) is 9.96. The van der Waals surface area contributed by atoms with E-state index in [4.69, 9.17) is 0 Å². The molecule has 0 fully saturated rings. The van der Waals surface area contributed by atoms with Crippen LogP contribution in [-0.2, 0) is 4.79 Å². The molecule has 2 aromatic heterocycles. The molecule has 0 aliphatic heterocycles. The van der Waals surface area contributed by atoms with Crippen LogP contribution in [0.3, 0.4) is 0 Å². The van der Waals surface area contributed by atoms with Crippen molar-refractivity contribution in [1.29, 1.82) is 5.26 Å². The first-order chi connectivity index (χ1) is 13.0. The van der Waals surface area contributed by atoms with Gasteiger partial charge in [0.1, 0.15) is 11.9 Å². The number of anilines is 2. The third-order valence-electron chi connectivity index (χ3n) is 4.04. The summed E-state index contributed by atoms with van der Waals surface area (Å²) in [5, 5.41) is 24.1. The van der Waals surface area contributed by atoms with Crippen LogP contribution < -0.4 is 10.6 Å². The van der Waals surface area contributed by atoms with Crippen molar-refractivity contribution in [2.45, 2.75) is 18.2 Å². The first kappa shape index (κ1) is 18.9. The lowest BCUT2D eigenvalue weighted by Crippen LogP contribution is -2.17. The van der Waals surface area contributed by atoms with E-state index in [0.717, 1.165) is 16.9 Å². The molecule has 0 aliphatic carbocycles. The highest BCUT2D eigenvalue weighted by Crippen LogP contribution is 2.30. The normalized spacial score (nSPS) is 10.4. The Morgan fingerprint density at radius 1 is 1.30 bits per heavy atom. The lowest BCUT2D eigenvalue weighted by Gasteiger charge is -2.13. The molecule has 2 N–H and O–H groups in total. The number of aromatic nitrogens is 3. The van der Waals surface area contributed by atoms with E-state index in [0.29, 0.717) is 20.9 Å². The van der Waals surface area contributed by atoms with Gasteiger partial charge in [0.2, 0.25) is 11.0 Å². The number of carbonyl (C=O) groups excluding carboxylic acids is 1. The Bertz CT molecular complexity index is 1000. The van der Waals surface area contributed by atoms with Crippen LogP contribution in [-0.4, -0.2) is 33.5 Å². The predicted molar refractivity (Wildman–Crippen MR) is 109 cm³/mol. The van der Waals surface area contributed by atoms with Crippen LogP contribution in [0.5, 0.6) is 0 Å². The van der Waals surface area contributed by atoms with Gasteiger partial charge in [0.15, 0.2) is 4.34 Å². The van der Waals surface area contributed by atoms with Crippen LogP contribution >= 0.6 is 23.1 Å². The Kier molecular flexibility index (Phi) is 5.78. The Hall–Kier alpha value is -2.83. The van der Waals surface area contributed by atoms with Gasteiger partial charge >= 0.3 is 0 Å². The van der Waals surface area contributed by atoms with Crippen molar-refractivity contribution in [1.82, 2.24) is 14.8 Å². The van der Waals surface area contributed by atoms with Crippen molar-refractivity contribution in [2.75, 3.05) is 23.4 Å². The molecule has 0 spiro atoms. The number of nitriles is 1. The molecule has 3 aromatic rings. The monoisotopic (exact) mass is 398 g/mol. The minimum Gasteiger partial charge on any atom is -0.363 e. The molecule has 7 nitrogen and oxygen atoms in total. The molecule has 27 heavy (non-hydrogen) atoms. The second-order valence-corrected chi connectivity index (χ2v) is 7.88. The Balaban J connectivity index is 1.84. The molecule has 3 rings (SSSR count). The van der Waals surface area contributed by atoms with Crippen LogP contribution in [0, 0.1) is 25.2 Å². The van der Waals surface area contributed by atoms with Gasteiger partial charge in [0.05, 0.1) is 11.3 Å². The van der Waals surface area contributed by atoms with E-state index >= 15 is 0 Å². The Morgan fingerprint density at radius 2 is 2.04 bits per heavy atom. The fourth-order valence-electron chi connectivity index (χ4n) is 2.63. The van der Waals surface area contributed by atoms with Crippen molar-refractivity contribution in [3.8, 4) is 11.8 Å². The molecule has 9 heteroatoms. The molecule has 138 valence electrons. The molecular weight excluding hydrogens is 380 g/mol. The first-order valence-electron chi connectivity index (χ1n) is 8.16. The van der Waals surface area contributed by atoms with Crippen LogP contribution in [0.15, 0.2) is 34.7 Å². The standard InChI is InChI=1S/C18H18N6OS2/c1-11-12(2)24(13-7-5-4-6-8-13)16(14(11)9-19)21-15(25)10-26-18-23-22-17(20-3)27-18/h4-8H,10H2,1-3H3,(H,20,22)(H,21,25). The topological polar surface area (TPSA) is 95.6 Å². The molecule has 0 saturated heterocycles. The van der Waals surface area contributed by atoms with E-state index in [2.05, 4.69) is 26.9 Å². The summed E-state index contributed by atoms with van der Waals surface area (Å²) in [5.41, 5.74) is 3.14. The molecule has 0 saturated carbocycles. The van der Waals surface area contributed by atoms with E-state index in [9.17, 15) is 10.1 Å². The van der Waals surface area contributed by atoms with Crippen LogP contribution in [0.2, 0.25) is 0 Å². The van der Waals surface area contributed by atoms with Crippen molar-refractivity contribution in [3.63, 3.8) is 0 Å². The summed E-state index contributed by atoms with van der Waals surface area (Å²) in [4.78, 5) is 12.5. The molecule has 0 unspecified atom stereocenters. The van der Waals surface area contributed by atoms with Gasteiger partial charge in [-0.1, -0.05) is 41.3 Å². The van der Waals surface area contributed by atoms with Gasteiger partial charge < -0.3 is 10.6 Å². The van der Waals surface area contributed by atoms with E-state index in [1.165, 1.54) is 23.1 Å². The van der Waals surface area contributed by atoms with Crippen molar-refractivity contribution in [2.24, 2.45) is 0 Å². The van der Waals surface area contributed by atoms with Crippen LogP contribution in [0.1, 0.15) is 16.8 Å². The number of hydrogen-bond acceptors (Lipinski definition) is 7. The molecule has 1 aromatic carbocycles. The number of hydrogen-bond donors (Lipinski definition) is 2. The lowest BCUT2D eigenvalue weighted by molar-refractivity contribution is -0.113. The number of nitrogens with zero attached hydrogens (tertiary/aromatic N) is 4. The summed E-state index contributed by atoms with van der Waals surface area (Å²) in [5.74, 6) is 0.478.